The van der Waals surface area contributed by atoms with Crippen molar-refractivity contribution in [2.75, 3.05) is 11.1 Å². The highest BCUT2D eigenvalue weighted by Gasteiger charge is 2.25. The first kappa shape index (κ1) is 25.2. The SMILES string of the molecule is O=C(O)CC(CS(=O)(=O)c1ccc(OCc2cccc(NC(=O)NC3CC3)c2)cc1)c1ccccc1. The molecule has 1 aliphatic carbocycles. The van der Waals surface area contributed by atoms with Crippen LogP contribution in [0.15, 0.2) is 83.8 Å². The predicted octanol–water partition coefficient (Wildman–Crippen LogP) is 4.58. The number of aliphatic carboxylic acids is 1. The van der Waals surface area contributed by atoms with Crippen LogP contribution < -0.4 is 15.4 Å². The van der Waals surface area contributed by atoms with E-state index in [9.17, 15) is 23.1 Å². The molecule has 1 unspecified atom stereocenters. The van der Waals surface area contributed by atoms with Crippen molar-refractivity contribution < 1.29 is 27.9 Å². The van der Waals surface area contributed by atoms with Crippen LogP contribution in [0.25, 0.3) is 0 Å². The van der Waals surface area contributed by atoms with Gasteiger partial charge in [0, 0.05) is 17.6 Å². The number of hydrogen-bond donors (Lipinski definition) is 3. The molecule has 3 aromatic carbocycles. The van der Waals surface area contributed by atoms with Crippen LogP contribution >= 0.6 is 0 Å². The molecule has 4 rings (SSSR count). The number of carboxylic acids is 1. The van der Waals surface area contributed by atoms with Gasteiger partial charge in [-0.15, -0.1) is 0 Å². The van der Waals surface area contributed by atoms with E-state index in [0.717, 1.165) is 18.4 Å². The van der Waals surface area contributed by atoms with Crippen molar-refractivity contribution in [1.29, 1.82) is 0 Å². The van der Waals surface area contributed by atoms with Crippen molar-refractivity contribution in [3.05, 3.63) is 90.0 Å². The number of amides is 2. The zero-order valence-electron chi connectivity index (χ0n) is 19.6. The lowest BCUT2D eigenvalue weighted by atomic mass is 9.98. The average Bonchev–Trinajstić information content (AvgIpc) is 3.67. The molecule has 3 aromatic rings. The van der Waals surface area contributed by atoms with E-state index >= 15 is 0 Å². The molecule has 1 fully saturated rings. The van der Waals surface area contributed by atoms with E-state index < -0.39 is 21.7 Å². The van der Waals surface area contributed by atoms with Crippen LogP contribution in [-0.2, 0) is 21.2 Å². The van der Waals surface area contributed by atoms with E-state index in [2.05, 4.69) is 10.6 Å². The Bertz CT molecular complexity index is 1310. The Morgan fingerprint density at radius 1 is 0.972 bits per heavy atom. The van der Waals surface area contributed by atoms with Gasteiger partial charge in [-0.25, -0.2) is 13.2 Å². The molecule has 36 heavy (non-hydrogen) atoms. The molecule has 0 bridgehead atoms. The Labute approximate surface area is 210 Å². The minimum Gasteiger partial charge on any atom is -0.489 e. The molecule has 0 saturated heterocycles. The van der Waals surface area contributed by atoms with Gasteiger partial charge in [0.05, 0.1) is 17.1 Å². The van der Waals surface area contributed by atoms with Gasteiger partial charge in [-0.1, -0.05) is 42.5 Å². The summed E-state index contributed by atoms with van der Waals surface area (Å²) < 4.78 is 31.8. The average molecular weight is 509 g/mol. The predicted molar refractivity (Wildman–Crippen MR) is 136 cm³/mol. The number of anilines is 1. The number of nitrogens with one attached hydrogen (secondary N) is 2. The van der Waals surface area contributed by atoms with Crippen LogP contribution in [0.4, 0.5) is 10.5 Å². The molecular formula is C27H28N2O6S. The fraction of sp³-hybridized carbons (Fsp3) is 0.259. The molecule has 0 heterocycles. The van der Waals surface area contributed by atoms with Gasteiger partial charge >= 0.3 is 12.0 Å². The largest absolute Gasteiger partial charge is 0.489 e. The fourth-order valence-corrected chi connectivity index (χ4v) is 5.38. The van der Waals surface area contributed by atoms with Crippen LogP contribution in [0.2, 0.25) is 0 Å². The Hall–Kier alpha value is -3.85. The van der Waals surface area contributed by atoms with Gasteiger partial charge in [0.25, 0.3) is 0 Å². The number of carbonyl (C=O) groups is 2. The molecule has 2 amide bonds. The Morgan fingerprint density at radius 3 is 2.36 bits per heavy atom. The first-order valence-corrected chi connectivity index (χ1v) is 13.3. The molecule has 0 spiro atoms. The maximum atomic E-state index is 13.0. The van der Waals surface area contributed by atoms with Gasteiger partial charge in [-0.3, -0.25) is 4.79 Å². The molecule has 0 aliphatic heterocycles. The van der Waals surface area contributed by atoms with E-state index in [1.807, 2.05) is 18.2 Å². The Kier molecular flexibility index (Phi) is 7.90. The minimum absolute atomic E-state index is 0.106. The number of ether oxygens (including phenoxy) is 1. The van der Waals surface area contributed by atoms with Crippen molar-refractivity contribution in [1.82, 2.24) is 5.32 Å². The van der Waals surface area contributed by atoms with Crippen molar-refractivity contribution >= 4 is 27.5 Å². The van der Waals surface area contributed by atoms with E-state index in [4.69, 9.17) is 4.74 Å². The van der Waals surface area contributed by atoms with Crippen LogP contribution in [0, 0.1) is 0 Å². The number of urea groups is 1. The summed E-state index contributed by atoms with van der Waals surface area (Å²) >= 11 is 0. The quantitative estimate of drug-likeness (QED) is 0.349. The van der Waals surface area contributed by atoms with E-state index in [1.165, 1.54) is 12.1 Å². The van der Waals surface area contributed by atoms with Gasteiger partial charge in [0.1, 0.15) is 12.4 Å². The van der Waals surface area contributed by atoms with Crippen LogP contribution in [0.1, 0.15) is 36.3 Å². The zero-order chi connectivity index (χ0) is 25.5. The number of benzene rings is 3. The molecule has 3 N–H and O–H groups in total. The van der Waals surface area contributed by atoms with Crippen molar-refractivity contribution in [2.24, 2.45) is 0 Å². The smallest absolute Gasteiger partial charge is 0.319 e. The van der Waals surface area contributed by atoms with Gasteiger partial charge in [0.15, 0.2) is 9.84 Å². The molecular weight excluding hydrogens is 480 g/mol. The second kappa shape index (κ2) is 11.3. The number of carboxylic acid groups (broad SMARTS) is 1. The Balaban J connectivity index is 1.36. The summed E-state index contributed by atoms with van der Waals surface area (Å²) in [5, 5.41) is 14.9. The van der Waals surface area contributed by atoms with Gasteiger partial charge < -0.3 is 20.5 Å². The van der Waals surface area contributed by atoms with E-state index in [0.29, 0.717) is 17.0 Å². The Morgan fingerprint density at radius 2 is 1.69 bits per heavy atom. The van der Waals surface area contributed by atoms with Gasteiger partial charge in [-0.05, 0) is 60.4 Å². The fourth-order valence-electron chi connectivity index (χ4n) is 3.80. The van der Waals surface area contributed by atoms with Crippen molar-refractivity contribution in [3.8, 4) is 5.75 Å². The molecule has 9 heteroatoms. The summed E-state index contributed by atoms with van der Waals surface area (Å²) in [6.07, 6.45) is 1.75. The third kappa shape index (κ3) is 7.32. The minimum atomic E-state index is -3.72. The van der Waals surface area contributed by atoms with Crippen LogP contribution in [0.3, 0.4) is 0 Å². The summed E-state index contributed by atoms with van der Waals surface area (Å²) in [4.78, 5) is 23.4. The molecule has 0 radical (unpaired) electrons. The summed E-state index contributed by atoms with van der Waals surface area (Å²) in [7, 11) is -3.72. The topological polar surface area (TPSA) is 122 Å². The second-order valence-electron chi connectivity index (χ2n) is 8.82. The highest BCUT2D eigenvalue weighted by Crippen LogP contribution is 2.26. The lowest BCUT2D eigenvalue weighted by Crippen LogP contribution is -2.30. The number of rotatable bonds is 11. The third-order valence-corrected chi connectivity index (χ3v) is 7.63. The summed E-state index contributed by atoms with van der Waals surface area (Å²) in [5.74, 6) is -1.52. The third-order valence-electron chi connectivity index (χ3n) is 5.80. The standard InChI is InChI=1S/C27H28N2O6S/c30-26(31)16-21(20-6-2-1-3-7-20)18-36(33,34)25-13-11-24(12-14-25)35-17-19-5-4-8-23(15-19)29-27(32)28-22-9-10-22/h1-8,11-15,21-22H,9-10,16-18H2,(H,30,31)(H2,28,29,32). The van der Waals surface area contributed by atoms with Crippen molar-refractivity contribution in [2.45, 2.75) is 42.7 Å². The normalized spacial score (nSPS) is 14.0. The number of carbonyl (C=O) groups excluding carboxylic acids is 1. The lowest BCUT2D eigenvalue weighted by molar-refractivity contribution is -0.137. The molecule has 0 aromatic heterocycles. The molecule has 188 valence electrons. The van der Waals surface area contributed by atoms with E-state index in [-0.39, 0.29) is 35.7 Å². The highest BCUT2D eigenvalue weighted by atomic mass is 32.2. The molecule has 1 aliphatic rings. The molecule has 8 nitrogen and oxygen atoms in total. The van der Waals surface area contributed by atoms with Crippen molar-refractivity contribution in [3.63, 3.8) is 0 Å². The van der Waals surface area contributed by atoms with Crippen LogP contribution in [-0.4, -0.2) is 37.3 Å². The van der Waals surface area contributed by atoms with Gasteiger partial charge in [-0.2, -0.15) is 0 Å². The summed E-state index contributed by atoms with van der Waals surface area (Å²) in [5.41, 5.74) is 2.17. The van der Waals surface area contributed by atoms with Crippen LogP contribution in [0.5, 0.6) is 5.75 Å². The molecule has 1 atom stereocenters. The molecule has 1 saturated carbocycles. The number of hydrogen-bond acceptors (Lipinski definition) is 5. The lowest BCUT2D eigenvalue weighted by Gasteiger charge is -2.16. The summed E-state index contributed by atoms with van der Waals surface area (Å²) in [6.45, 7) is 0.237. The number of sulfone groups is 1. The summed E-state index contributed by atoms with van der Waals surface area (Å²) in [6, 6.07) is 22.2. The maximum absolute atomic E-state index is 13.0. The maximum Gasteiger partial charge on any atom is 0.319 e. The zero-order valence-corrected chi connectivity index (χ0v) is 20.4. The first-order chi connectivity index (χ1) is 17.3. The first-order valence-electron chi connectivity index (χ1n) is 11.7. The monoisotopic (exact) mass is 508 g/mol. The highest BCUT2D eigenvalue weighted by molar-refractivity contribution is 7.91. The second-order valence-corrected chi connectivity index (χ2v) is 10.9. The van der Waals surface area contributed by atoms with Gasteiger partial charge in [0.2, 0.25) is 0 Å². The van der Waals surface area contributed by atoms with E-state index in [1.54, 1.807) is 48.5 Å².